The summed E-state index contributed by atoms with van der Waals surface area (Å²) in [5, 5.41) is 3.50. The second-order valence-electron chi connectivity index (χ2n) is 5.83. The highest BCUT2D eigenvalue weighted by atomic mass is 15.1. The fourth-order valence-corrected chi connectivity index (χ4v) is 2.29. The molecule has 1 aromatic heterocycles. The van der Waals surface area contributed by atoms with E-state index in [2.05, 4.69) is 49.5 Å². The molecule has 104 valence electrons. The van der Waals surface area contributed by atoms with Crippen molar-refractivity contribution in [1.29, 1.82) is 0 Å². The molecule has 3 heteroatoms. The lowest BCUT2D eigenvalue weighted by Gasteiger charge is -2.16. The predicted molar refractivity (Wildman–Crippen MR) is 77.6 cm³/mol. The van der Waals surface area contributed by atoms with Crippen LogP contribution in [0.25, 0.3) is 0 Å². The summed E-state index contributed by atoms with van der Waals surface area (Å²) in [5.41, 5.74) is 1.32. The average Bonchev–Trinajstić information content (AvgIpc) is 2.61. The molecule has 0 saturated heterocycles. The average molecular weight is 251 g/mol. The van der Waals surface area contributed by atoms with Crippen molar-refractivity contribution in [1.82, 2.24) is 14.9 Å². The molecule has 0 aliphatic heterocycles. The van der Waals surface area contributed by atoms with Crippen molar-refractivity contribution >= 4 is 0 Å². The lowest BCUT2D eigenvalue weighted by atomic mass is 10.1. The van der Waals surface area contributed by atoms with E-state index in [1.54, 1.807) is 0 Å². The van der Waals surface area contributed by atoms with Crippen molar-refractivity contribution in [2.24, 2.45) is 11.8 Å². The molecule has 1 heterocycles. The molecule has 1 rings (SSSR count). The third-order valence-corrected chi connectivity index (χ3v) is 3.27. The Labute approximate surface area is 112 Å². The van der Waals surface area contributed by atoms with Crippen LogP contribution in [0.4, 0.5) is 0 Å². The van der Waals surface area contributed by atoms with Crippen molar-refractivity contribution in [3.8, 4) is 0 Å². The highest BCUT2D eigenvalue weighted by molar-refractivity contribution is 5.04. The standard InChI is InChI=1S/C15H29N3/c1-6-7-13(4)11-18-14(5)17-10-15(18)9-16-8-12(2)3/h10,12-13,16H,6-9,11H2,1-5H3. The molecular formula is C15H29N3. The molecule has 3 nitrogen and oxygen atoms in total. The molecule has 0 aliphatic carbocycles. The van der Waals surface area contributed by atoms with Gasteiger partial charge in [-0.1, -0.05) is 34.1 Å². The number of imidazole rings is 1. The van der Waals surface area contributed by atoms with E-state index in [1.165, 1.54) is 18.5 Å². The molecule has 0 fully saturated rings. The Hall–Kier alpha value is -0.830. The van der Waals surface area contributed by atoms with Gasteiger partial charge in [-0.2, -0.15) is 0 Å². The van der Waals surface area contributed by atoms with E-state index in [0.717, 1.165) is 31.4 Å². The summed E-state index contributed by atoms with van der Waals surface area (Å²) in [6, 6.07) is 0. The topological polar surface area (TPSA) is 29.9 Å². The zero-order valence-electron chi connectivity index (χ0n) is 12.7. The van der Waals surface area contributed by atoms with Gasteiger partial charge in [-0.05, 0) is 31.7 Å². The summed E-state index contributed by atoms with van der Waals surface area (Å²) in [4.78, 5) is 4.45. The Balaban J connectivity index is 2.57. The van der Waals surface area contributed by atoms with Gasteiger partial charge in [-0.15, -0.1) is 0 Å². The van der Waals surface area contributed by atoms with E-state index in [0.29, 0.717) is 5.92 Å². The number of nitrogens with zero attached hydrogens (tertiary/aromatic N) is 2. The second-order valence-corrected chi connectivity index (χ2v) is 5.83. The molecule has 0 spiro atoms. The maximum Gasteiger partial charge on any atom is 0.105 e. The Kier molecular flexibility index (Phi) is 6.41. The van der Waals surface area contributed by atoms with E-state index in [9.17, 15) is 0 Å². The van der Waals surface area contributed by atoms with Crippen LogP contribution in [0.3, 0.4) is 0 Å². The molecule has 0 amide bonds. The highest BCUT2D eigenvalue weighted by Crippen LogP contribution is 2.13. The first-order valence-electron chi connectivity index (χ1n) is 7.26. The molecule has 1 N–H and O–H groups in total. The van der Waals surface area contributed by atoms with Gasteiger partial charge in [0.25, 0.3) is 0 Å². The molecule has 1 aromatic rings. The fourth-order valence-electron chi connectivity index (χ4n) is 2.29. The van der Waals surface area contributed by atoms with Crippen LogP contribution < -0.4 is 5.32 Å². The summed E-state index contributed by atoms with van der Waals surface area (Å²) >= 11 is 0. The fraction of sp³-hybridized carbons (Fsp3) is 0.800. The Morgan fingerprint density at radius 2 is 2.06 bits per heavy atom. The quantitative estimate of drug-likeness (QED) is 0.767. The lowest BCUT2D eigenvalue weighted by Crippen LogP contribution is -2.22. The van der Waals surface area contributed by atoms with Crippen LogP contribution in [0.2, 0.25) is 0 Å². The lowest BCUT2D eigenvalue weighted by molar-refractivity contribution is 0.427. The Bertz CT molecular complexity index is 342. The first-order valence-corrected chi connectivity index (χ1v) is 7.26. The minimum Gasteiger partial charge on any atom is -0.331 e. The number of aromatic nitrogens is 2. The third kappa shape index (κ3) is 4.81. The van der Waals surface area contributed by atoms with Crippen LogP contribution in [0.5, 0.6) is 0 Å². The van der Waals surface area contributed by atoms with Crippen molar-refractivity contribution in [2.45, 2.75) is 60.5 Å². The molecule has 0 bridgehead atoms. The van der Waals surface area contributed by atoms with E-state index >= 15 is 0 Å². The van der Waals surface area contributed by atoms with Crippen LogP contribution >= 0.6 is 0 Å². The minimum absolute atomic E-state index is 0.696. The van der Waals surface area contributed by atoms with E-state index in [-0.39, 0.29) is 0 Å². The van der Waals surface area contributed by atoms with Gasteiger partial charge in [0.2, 0.25) is 0 Å². The smallest absolute Gasteiger partial charge is 0.105 e. The van der Waals surface area contributed by atoms with Crippen LogP contribution in [0.1, 0.15) is 52.1 Å². The number of hydrogen-bond acceptors (Lipinski definition) is 2. The van der Waals surface area contributed by atoms with Gasteiger partial charge in [0.05, 0.1) is 5.69 Å². The van der Waals surface area contributed by atoms with Crippen molar-refractivity contribution < 1.29 is 0 Å². The number of hydrogen-bond donors (Lipinski definition) is 1. The Morgan fingerprint density at radius 3 is 2.67 bits per heavy atom. The van der Waals surface area contributed by atoms with Gasteiger partial charge in [-0.3, -0.25) is 0 Å². The number of nitrogens with one attached hydrogen (secondary N) is 1. The largest absolute Gasteiger partial charge is 0.331 e. The molecule has 0 radical (unpaired) electrons. The molecular weight excluding hydrogens is 222 g/mol. The van der Waals surface area contributed by atoms with Gasteiger partial charge in [0, 0.05) is 19.3 Å². The first kappa shape index (κ1) is 15.2. The molecule has 1 atom stereocenters. The zero-order chi connectivity index (χ0) is 13.5. The Morgan fingerprint density at radius 1 is 1.33 bits per heavy atom. The second kappa shape index (κ2) is 7.57. The normalized spacial score (nSPS) is 13.2. The molecule has 0 aliphatic rings. The SMILES string of the molecule is CCCC(C)Cn1c(CNCC(C)C)cnc1C. The summed E-state index contributed by atoms with van der Waals surface area (Å²) in [5.74, 6) is 2.56. The zero-order valence-corrected chi connectivity index (χ0v) is 12.7. The van der Waals surface area contributed by atoms with Crippen molar-refractivity contribution in [3.63, 3.8) is 0 Å². The van der Waals surface area contributed by atoms with E-state index in [4.69, 9.17) is 0 Å². The van der Waals surface area contributed by atoms with Gasteiger partial charge < -0.3 is 9.88 Å². The summed E-state index contributed by atoms with van der Waals surface area (Å²) < 4.78 is 2.37. The first-order chi connectivity index (χ1) is 8.54. The summed E-state index contributed by atoms with van der Waals surface area (Å²) in [7, 11) is 0. The van der Waals surface area contributed by atoms with Crippen molar-refractivity contribution in [3.05, 3.63) is 17.7 Å². The van der Waals surface area contributed by atoms with Gasteiger partial charge in [0.15, 0.2) is 0 Å². The summed E-state index contributed by atoms with van der Waals surface area (Å²) in [6.45, 7) is 14.2. The molecule has 1 unspecified atom stereocenters. The monoisotopic (exact) mass is 251 g/mol. The number of rotatable bonds is 8. The van der Waals surface area contributed by atoms with Crippen LogP contribution in [-0.2, 0) is 13.1 Å². The molecule has 0 saturated carbocycles. The van der Waals surface area contributed by atoms with Gasteiger partial charge >= 0.3 is 0 Å². The minimum atomic E-state index is 0.696. The van der Waals surface area contributed by atoms with Crippen molar-refractivity contribution in [2.75, 3.05) is 6.54 Å². The molecule has 0 aromatic carbocycles. The van der Waals surface area contributed by atoms with Gasteiger partial charge in [-0.25, -0.2) is 4.98 Å². The molecule has 18 heavy (non-hydrogen) atoms. The van der Waals surface area contributed by atoms with E-state index in [1.807, 2.05) is 6.20 Å². The maximum atomic E-state index is 4.45. The number of aryl methyl sites for hydroxylation is 1. The van der Waals surface area contributed by atoms with Crippen LogP contribution in [-0.4, -0.2) is 16.1 Å². The van der Waals surface area contributed by atoms with E-state index < -0.39 is 0 Å². The third-order valence-electron chi connectivity index (χ3n) is 3.27. The maximum absolute atomic E-state index is 4.45. The van der Waals surface area contributed by atoms with Crippen LogP contribution in [0, 0.1) is 18.8 Å². The van der Waals surface area contributed by atoms with Crippen LogP contribution in [0.15, 0.2) is 6.20 Å². The predicted octanol–water partition coefficient (Wildman–Crippen LogP) is 3.37. The summed E-state index contributed by atoms with van der Waals surface area (Å²) in [6.07, 6.45) is 4.56. The highest BCUT2D eigenvalue weighted by Gasteiger charge is 2.09. The van der Waals surface area contributed by atoms with Gasteiger partial charge in [0.1, 0.15) is 5.82 Å².